The number of amides is 2. The number of halogens is 2. The minimum absolute atomic E-state index is 0.0278. The third-order valence-corrected chi connectivity index (χ3v) is 6.24. The Hall–Kier alpha value is -3.37. The van der Waals surface area contributed by atoms with Crippen molar-refractivity contribution in [3.05, 3.63) is 36.4 Å². The van der Waals surface area contributed by atoms with Gasteiger partial charge in [-0.3, -0.25) is 14.3 Å². The highest BCUT2D eigenvalue weighted by Crippen LogP contribution is 2.51. The lowest BCUT2D eigenvalue weighted by molar-refractivity contribution is -0.135. The van der Waals surface area contributed by atoms with Gasteiger partial charge in [0.05, 0.1) is 23.6 Å². The second-order valence-corrected chi connectivity index (χ2v) is 8.69. The van der Waals surface area contributed by atoms with Crippen LogP contribution in [-0.2, 0) is 16.1 Å². The maximum absolute atomic E-state index is 13.4. The Morgan fingerprint density at radius 2 is 2.16 bits per heavy atom. The first-order chi connectivity index (χ1) is 15.3. The molecule has 5 rings (SSSR count). The van der Waals surface area contributed by atoms with Gasteiger partial charge in [0.2, 0.25) is 17.8 Å². The molecule has 9 nitrogen and oxygen atoms in total. The first-order valence-electron chi connectivity index (χ1n) is 10.6. The van der Waals surface area contributed by atoms with Gasteiger partial charge in [0.1, 0.15) is 12.5 Å². The zero-order valence-electron chi connectivity index (χ0n) is 17.2. The molecule has 168 valence electrons. The highest BCUT2D eigenvalue weighted by molar-refractivity contribution is 5.84. The first-order valence-corrected chi connectivity index (χ1v) is 10.6. The number of nitrogens with one attached hydrogen (secondary N) is 1. The zero-order chi connectivity index (χ0) is 22.5. The van der Waals surface area contributed by atoms with Gasteiger partial charge in [0, 0.05) is 25.4 Å². The van der Waals surface area contributed by atoms with Crippen LogP contribution in [0, 0.1) is 11.8 Å². The van der Waals surface area contributed by atoms with Crippen LogP contribution in [0.4, 0.5) is 20.4 Å². The lowest BCUT2D eigenvalue weighted by Gasteiger charge is -2.24. The summed E-state index contributed by atoms with van der Waals surface area (Å²) in [4.78, 5) is 34.1. The largest absolute Gasteiger partial charge is 0.368 e. The summed E-state index contributed by atoms with van der Waals surface area (Å²) in [6.07, 6.45) is 8.94. The molecule has 2 bridgehead atoms. The quantitative estimate of drug-likeness (QED) is 0.704. The molecule has 3 heterocycles. The van der Waals surface area contributed by atoms with Crippen LogP contribution in [0.1, 0.15) is 31.4 Å². The van der Waals surface area contributed by atoms with Gasteiger partial charge in [-0.05, 0) is 36.8 Å². The number of nitrogens with zero attached hydrogens (tertiary/aromatic N) is 5. The average Bonchev–Trinajstić information content (AvgIpc) is 3.01. The second kappa shape index (κ2) is 7.64. The molecular weight excluding hydrogens is 420 g/mol. The molecule has 0 spiro atoms. The maximum atomic E-state index is 13.4. The van der Waals surface area contributed by atoms with Crippen molar-refractivity contribution in [1.29, 1.82) is 0 Å². The predicted octanol–water partition coefficient (Wildman–Crippen LogP) is 1.95. The fourth-order valence-corrected chi connectivity index (χ4v) is 4.55. The fraction of sp³-hybridized carbons (Fsp3) is 0.476. The van der Waals surface area contributed by atoms with E-state index in [1.807, 2.05) is 6.08 Å². The van der Waals surface area contributed by atoms with Gasteiger partial charge >= 0.3 is 0 Å². The number of likely N-dealkylation sites (tertiary alicyclic amines) is 1. The minimum Gasteiger partial charge on any atom is -0.368 e. The van der Waals surface area contributed by atoms with Crippen molar-refractivity contribution in [3.63, 3.8) is 0 Å². The Morgan fingerprint density at radius 3 is 2.91 bits per heavy atom. The van der Waals surface area contributed by atoms with Crippen molar-refractivity contribution in [2.24, 2.45) is 17.6 Å². The van der Waals surface area contributed by atoms with Gasteiger partial charge in [-0.2, -0.15) is 5.10 Å². The Balaban J connectivity index is 1.33. The number of hydrogen-bond donors (Lipinski definition) is 2. The van der Waals surface area contributed by atoms with E-state index in [1.54, 1.807) is 29.6 Å². The SMILES string of the molecule is NC(=O)Cn1cc(Nc2nccc(C3=CC4CC(CC3)CN4C(=O)[C@@H]3CC3(F)F)n2)cn1. The number of nitrogens with two attached hydrogens (primary N) is 1. The molecule has 1 aliphatic heterocycles. The number of hydrogen-bond acceptors (Lipinski definition) is 6. The number of carbonyl (C=O) groups excluding carboxylic acids is 2. The van der Waals surface area contributed by atoms with Crippen molar-refractivity contribution in [2.75, 3.05) is 11.9 Å². The van der Waals surface area contributed by atoms with Gasteiger partial charge < -0.3 is 16.0 Å². The molecule has 1 saturated carbocycles. The minimum atomic E-state index is -2.85. The van der Waals surface area contributed by atoms with E-state index in [0.717, 1.165) is 30.5 Å². The molecule has 2 fully saturated rings. The number of anilines is 2. The number of alkyl halides is 2. The Bertz CT molecular complexity index is 1100. The summed E-state index contributed by atoms with van der Waals surface area (Å²) in [5.41, 5.74) is 7.49. The molecule has 2 unspecified atom stereocenters. The molecule has 2 aromatic heterocycles. The van der Waals surface area contributed by atoms with Crippen molar-refractivity contribution in [3.8, 4) is 0 Å². The molecule has 0 radical (unpaired) electrons. The topological polar surface area (TPSA) is 119 Å². The summed E-state index contributed by atoms with van der Waals surface area (Å²) in [7, 11) is 0. The summed E-state index contributed by atoms with van der Waals surface area (Å²) in [5.74, 6) is -4.27. The van der Waals surface area contributed by atoms with Crippen molar-refractivity contribution in [1.82, 2.24) is 24.6 Å². The highest BCUT2D eigenvalue weighted by atomic mass is 19.3. The molecule has 2 aromatic rings. The van der Waals surface area contributed by atoms with Gasteiger partial charge in [0.15, 0.2) is 0 Å². The summed E-state index contributed by atoms with van der Waals surface area (Å²) < 4.78 is 28.3. The highest BCUT2D eigenvalue weighted by Gasteiger charge is 2.63. The number of allylic oxidation sites excluding steroid dienone is 1. The standard InChI is InChI=1S/C21H23F2N7O2/c22-21(23)7-16(21)19(32)30-9-12-1-2-13(6-15(30)5-12)17-3-4-25-20(28-17)27-14-8-26-29(10-14)11-18(24)31/h3-4,6,8,10,12,15-16H,1-2,5,7,9,11H2,(H2,24,31)(H,25,27,28)/t12?,15?,16-/m0/s1. The maximum Gasteiger partial charge on any atom is 0.260 e. The molecule has 1 saturated heterocycles. The van der Waals surface area contributed by atoms with Crippen LogP contribution in [0.5, 0.6) is 0 Å². The summed E-state index contributed by atoms with van der Waals surface area (Å²) in [5, 5.41) is 7.11. The van der Waals surface area contributed by atoms with Crippen LogP contribution in [0.15, 0.2) is 30.7 Å². The molecule has 2 aliphatic carbocycles. The Labute approximate surface area is 182 Å². The Kier molecular flexibility index (Phi) is 4.90. The normalized spacial score (nSPS) is 25.8. The van der Waals surface area contributed by atoms with E-state index in [0.29, 0.717) is 24.1 Å². The van der Waals surface area contributed by atoms with E-state index in [-0.39, 0.29) is 19.0 Å². The van der Waals surface area contributed by atoms with Crippen LogP contribution < -0.4 is 11.1 Å². The first kappa shape index (κ1) is 20.5. The van der Waals surface area contributed by atoms with Gasteiger partial charge in [0.25, 0.3) is 5.92 Å². The van der Waals surface area contributed by atoms with E-state index in [9.17, 15) is 18.4 Å². The van der Waals surface area contributed by atoms with Crippen molar-refractivity contribution in [2.45, 2.75) is 44.2 Å². The van der Waals surface area contributed by atoms with Crippen LogP contribution >= 0.6 is 0 Å². The van der Waals surface area contributed by atoms with Crippen LogP contribution in [0.25, 0.3) is 5.57 Å². The molecular formula is C21H23F2N7O2. The smallest absolute Gasteiger partial charge is 0.260 e. The van der Waals surface area contributed by atoms with Crippen LogP contribution in [0.2, 0.25) is 0 Å². The number of aromatic nitrogens is 4. The van der Waals surface area contributed by atoms with E-state index < -0.39 is 23.7 Å². The molecule has 11 heteroatoms. The molecule has 0 aromatic carbocycles. The Morgan fingerprint density at radius 1 is 1.34 bits per heavy atom. The second-order valence-electron chi connectivity index (χ2n) is 8.69. The van der Waals surface area contributed by atoms with Crippen LogP contribution in [-0.4, -0.2) is 55.0 Å². The average molecular weight is 443 g/mol. The van der Waals surface area contributed by atoms with E-state index in [2.05, 4.69) is 20.4 Å². The number of fused-ring (bicyclic) bond motifs is 2. The molecule has 3 aliphatic rings. The van der Waals surface area contributed by atoms with Gasteiger partial charge in [-0.1, -0.05) is 6.08 Å². The molecule has 3 atom stereocenters. The van der Waals surface area contributed by atoms with Crippen molar-refractivity contribution >= 4 is 29.0 Å². The van der Waals surface area contributed by atoms with E-state index in [1.165, 1.54) is 4.68 Å². The summed E-state index contributed by atoms with van der Waals surface area (Å²) >= 11 is 0. The van der Waals surface area contributed by atoms with E-state index in [4.69, 9.17) is 5.73 Å². The summed E-state index contributed by atoms with van der Waals surface area (Å²) in [6.45, 7) is 0.520. The lowest BCUT2D eigenvalue weighted by atomic mass is 10.00. The van der Waals surface area contributed by atoms with Gasteiger partial charge in [-0.25, -0.2) is 18.7 Å². The predicted molar refractivity (Wildman–Crippen MR) is 111 cm³/mol. The summed E-state index contributed by atoms with van der Waals surface area (Å²) in [6, 6.07) is 1.62. The van der Waals surface area contributed by atoms with Crippen LogP contribution in [0.3, 0.4) is 0 Å². The van der Waals surface area contributed by atoms with Crippen molar-refractivity contribution < 1.29 is 18.4 Å². The van der Waals surface area contributed by atoms with E-state index >= 15 is 0 Å². The number of carbonyl (C=O) groups is 2. The fourth-order valence-electron chi connectivity index (χ4n) is 4.55. The zero-order valence-corrected chi connectivity index (χ0v) is 17.2. The number of primary amides is 1. The molecule has 2 amide bonds. The lowest BCUT2D eigenvalue weighted by Crippen LogP contribution is -2.37. The number of rotatable bonds is 6. The third kappa shape index (κ3) is 4.06. The van der Waals surface area contributed by atoms with Gasteiger partial charge in [-0.15, -0.1) is 0 Å². The molecule has 3 N–H and O–H groups in total. The molecule has 32 heavy (non-hydrogen) atoms. The third-order valence-electron chi connectivity index (χ3n) is 6.24. The monoisotopic (exact) mass is 443 g/mol.